The van der Waals surface area contributed by atoms with Crippen LogP contribution in [-0.2, 0) is 0 Å². The summed E-state index contributed by atoms with van der Waals surface area (Å²) < 4.78 is 5.11. The molecule has 0 aliphatic heterocycles. The van der Waals surface area contributed by atoms with Crippen molar-refractivity contribution in [2.75, 3.05) is 37.0 Å². The zero-order chi connectivity index (χ0) is 13.7. The number of aromatic nitrogens is 3. The lowest BCUT2D eigenvalue weighted by Crippen LogP contribution is -2.31. The Morgan fingerprint density at radius 3 is 2.74 bits per heavy atom. The molecule has 0 bridgehead atoms. The molecule has 0 radical (unpaired) electrons. The molecule has 1 aliphatic rings. The normalized spacial score (nSPS) is 14.3. The maximum absolute atomic E-state index is 9.15. The fraction of sp³-hybridized carbons (Fsp3) is 0.750. The van der Waals surface area contributed by atoms with Gasteiger partial charge in [-0.2, -0.15) is 15.0 Å². The fourth-order valence-corrected chi connectivity index (χ4v) is 1.82. The second-order valence-electron chi connectivity index (χ2n) is 4.52. The summed E-state index contributed by atoms with van der Waals surface area (Å²) >= 11 is 0. The van der Waals surface area contributed by atoms with Crippen LogP contribution >= 0.6 is 0 Å². The van der Waals surface area contributed by atoms with Crippen molar-refractivity contribution in [1.29, 1.82) is 0 Å². The second kappa shape index (κ2) is 6.51. The smallest absolute Gasteiger partial charge is 0.322 e. The van der Waals surface area contributed by atoms with E-state index in [9.17, 15) is 0 Å². The lowest BCUT2D eigenvalue weighted by atomic mass is 10.5. The molecule has 19 heavy (non-hydrogen) atoms. The van der Waals surface area contributed by atoms with E-state index in [-0.39, 0.29) is 6.61 Å². The standard InChI is InChI=1S/C12H21N5O2/c1-3-6-13-10-14-11(16-12(15-10)19-2)17(7-8-18)9-4-5-9/h9,18H,3-8H2,1-2H3,(H,13,14,15,16). The maximum atomic E-state index is 9.15. The molecule has 1 fully saturated rings. The summed E-state index contributed by atoms with van der Waals surface area (Å²) in [5.74, 6) is 1.09. The molecule has 1 aromatic heterocycles. The van der Waals surface area contributed by atoms with Gasteiger partial charge in [0.1, 0.15) is 0 Å². The van der Waals surface area contributed by atoms with E-state index in [0.717, 1.165) is 25.8 Å². The third kappa shape index (κ3) is 3.66. The van der Waals surface area contributed by atoms with Crippen molar-refractivity contribution in [2.45, 2.75) is 32.2 Å². The number of hydrogen-bond acceptors (Lipinski definition) is 7. The van der Waals surface area contributed by atoms with Gasteiger partial charge in [-0.05, 0) is 19.3 Å². The van der Waals surface area contributed by atoms with Gasteiger partial charge in [0, 0.05) is 19.1 Å². The van der Waals surface area contributed by atoms with E-state index in [0.29, 0.717) is 30.5 Å². The summed E-state index contributed by atoms with van der Waals surface area (Å²) in [6.45, 7) is 3.50. The number of methoxy groups -OCH3 is 1. The SMILES string of the molecule is CCCNc1nc(OC)nc(N(CCO)C2CC2)n1. The number of aliphatic hydroxyl groups excluding tert-OH is 1. The molecule has 2 N–H and O–H groups in total. The van der Waals surface area contributed by atoms with Gasteiger partial charge in [0.05, 0.1) is 13.7 Å². The minimum atomic E-state index is 0.0855. The Labute approximate surface area is 113 Å². The largest absolute Gasteiger partial charge is 0.467 e. The molecule has 1 aromatic rings. The Kier molecular flexibility index (Phi) is 4.73. The van der Waals surface area contributed by atoms with E-state index in [1.54, 1.807) is 0 Å². The molecular formula is C12H21N5O2. The van der Waals surface area contributed by atoms with Gasteiger partial charge in [-0.25, -0.2) is 0 Å². The molecular weight excluding hydrogens is 246 g/mol. The van der Waals surface area contributed by atoms with Gasteiger partial charge in [0.15, 0.2) is 0 Å². The van der Waals surface area contributed by atoms with Crippen LogP contribution in [0.5, 0.6) is 6.01 Å². The first kappa shape index (κ1) is 13.8. The van der Waals surface area contributed by atoms with Gasteiger partial charge >= 0.3 is 6.01 Å². The molecule has 1 saturated carbocycles. The van der Waals surface area contributed by atoms with E-state index in [1.165, 1.54) is 7.11 Å². The van der Waals surface area contributed by atoms with E-state index in [4.69, 9.17) is 9.84 Å². The van der Waals surface area contributed by atoms with Gasteiger partial charge in [-0.15, -0.1) is 0 Å². The number of rotatable bonds is 8. The van der Waals surface area contributed by atoms with Crippen LogP contribution in [0.4, 0.5) is 11.9 Å². The molecule has 106 valence electrons. The molecule has 7 heteroatoms. The predicted octanol–water partition coefficient (Wildman–Crippen LogP) is 0.663. The first-order valence-electron chi connectivity index (χ1n) is 6.70. The number of anilines is 2. The monoisotopic (exact) mass is 267 g/mol. The zero-order valence-electron chi connectivity index (χ0n) is 11.5. The molecule has 0 atom stereocenters. The van der Waals surface area contributed by atoms with Crippen molar-refractivity contribution in [3.8, 4) is 6.01 Å². The Morgan fingerprint density at radius 2 is 2.16 bits per heavy atom. The average Bonchev–Trinajstić information content (AvgIpc) is 3.26. The molecule has 0 aromatic carbocycles. The Balaban J connectivity index is 2.21. The number of hydrogen-bond donors (Lipinski definition) is 2. The van der Waals surface area contributed by atoms with Gasteiger partial charge in [-0.1, -0.05) is 6.92 Å². The number of nitrogens with one attached hydrogen (secondary N) is 1. The summed E-state index contributed by atoms with van der Waals surface area (Å²) in [7, 11) is 1.54. The summed E-state index contributed by atoms with van der Waals surface area (Å²) in [5, 5.41) is 12.3. The highest BCUT2D eigenvalue weighted by atomic mass is 16.5. The van der Waals surface area contributed by atoms with E-state index in [2.05, 4.69) is 27.2 Å². The predicted molar refractivity (Wildman–Crippen MR) is 72.6 cm³/mol. The van der Waals surface area contributed by atoms with Gasteiger partial charge in [0.25, 0.3) is 0 Å². The molecule has 0 unspecified atom stereocenters. The first-order valence-corrected chi connectivity index (χ1v) is 6.70. The van der Waals surface area contributed by atoms with Gasteiger partial charge < -0.3 is 20.1 Å². The van der Waals surface area contributed by atoms with Crippen LogP contribution < -0.4 is 15.0 Å². The highest BCUT2D eigenvalue weighted by Crippen LogP contribution is 2.30. The van der Waals surface area contributed by atoms with Gasteiger partial charge in [0.2, 0.25) is 11.9 Å². The quantitative estimate of drug-likeness (QED) is 0.716. The van der Waals surface area contributed by atoms with Crippen molar-refractivity contribution < 1.29 is 9.84 Å². The fourth-order valence-electron chi connectivity index (χ4n) is 1.82. The third-order valence-corrected chi connectivity index (χ3v) is 2.90. The van der Waals surface area contributed by atoms with Crippen LogP contribution in [0, 0.1) is 0 Å². The van der Waals surface area contributed by atoms with Crippen molar-refractivity contribution in [3.05, 3.63) is 0 Å². The minimum absolute atomic E-state index is 0.0855. The Hall–Kier alpha value is -1.63. The molecule has 1 heterocycles. The molecule has 0 amide bonds. The Morgan fingerprint density at radius 1 is 1.37 bits per heavy atom. The van der Waals surface area contributed by atoms with Crippen molar-refractivity contribution >= 4 is 11.9 Å². The van der Waals surface area contributed by atoms with E-state index >= 15 is 0 Å². The van der Waals surface area contributed by atoms with Crippen LogP contribution in [0.3, 0.4) is 0 Å². The lowest BCUT2D eigenvalue weighted by Gasteiger charge is -2.21. The number of ether oxygens (including phenoxy) is 1. The molecule has 7 nitrogen and oxygen atoms in total. The minimum Gasteiger partial charge on any atom is -0.467 e. The maximum Gasteiger partial charge on any atom is 0.322 e. The first-order chi connectivity index (χ1) is 9.28. The van der Waals surface area contributed by atoms with Crippen LogP contribution in [0.15, 0.2) is 0 Å². The number of nitrogens with zero attached hydrogens (tertiary/aromatic N) is 4. The van der Waals surface area contributed by atoms with E-state index < -0.39 is 0 Å². The molecule has 0 saturated heterocycles. The molecule has 0 spiro atoms. The average molecular weight is 267 g/mol. The summed E-state index contributed by atoms with van der Waals surface area (Å²) in [6, 6.07) is 0.727. The van der Waals surface area contributed by atoms with Crippen LogP contribution in [0.2, 0.25) is 0 Å². The van der Waals surface area contributed by atoms with Crippen LogP contribution in [-0.4, -0.2) is 52.9 Å². The van der Waals surface area contributed by atoms with Crippen LogP contribution in [0.25, 0.3) is 0 Å². The van der Waals surface area contributed by atoms with E-state index in [1.807, 2.05) is 4.90 Å². The highest BCUT2D eigenvalue weighted by Gasteiger charge is 2.31. The van der Waals surface area contributed by atoms with Gasteiger partial charge in [-0.3, -0.25) is 0 Å². The molecule has 2 rings (SSSR count). The third-order valence-electron chi connectivity index (χ3n) is 2.90. The lowest BCUT2D eigenvalue weighted by molar-refractivity contribution is 0.300. The zero-order valence-corrected chi connectivity index (χ0v) is 11.5. The van der Waals surface area contributed by atoms with Crippen molar-refractivity contribution in [3.63, 3.8) is 0 Å². The Bertz CT molecular complexity index is 411. The molecule has 1 aliphatic carbocycles. The summed E-state index contributed by atoms with van der Waals surface area (Å²) in [5.41, 5.74) is 0. The number of aliphatic hydroxyl groups is 1. The summed E-state index contributed by atoms with van der Waals surface area (Å²) in [4.78, 5) is 14.9. The van der Waals surface area contributed by atoms with Crippen molar-refractivity contribution in [2.24, 2.45) is 0 Å². The second-order valence-corrected chi connectivity index (χ2v) is 4.52. The van der Waals surface area contributed by atoms with Crippen molar-refractivity contribution in [1.82, 2.24) is 15.0 Å². The topological polar surface area (TPSA) is 83.4 Å². The highest BCUT2D eigenvalue weighted by molar-refractivity contribution is 5.40. The summed E-state index contributed by atoms with van der Waals surface area (Å²) in [6.07, 6.45) is 3.23. The van der Waals surface area contributed by atoms with Crippen LogP contribution in [0.1, 0.15) is 26.2 Å².